The summed E-state index contributed by atoms with van der Waals surface area (Å²) in [5.74, 6) is -1.47. The van der Waals surface area contributed by atoms with Gasteiger partial charge in [0.1, 0.15) is 5.82 Å². The van der Waals surface area contributed by atoms with Crippen LogP contribution in [0.25, 0.3) is 10.9 Å². The molecule has 0 unspecified atom stereocenters. The minimum atomic E-state index is -0.595. The normalized spacial score (nSPS) is 10.9. The Morgan fingerprint density at radius 3 is 2.58 bits per heavy atom. The topological polar surface area (TPSA) is 97.1 Å². The van der Waals surface area contributed by atoms with E-state index in [-0.39, 0.29) is 44.7 Å². The molecule has 10 heteroatoms. The zero-order valence-corrected chi connectivity index (χ0v) is 17.2. The predicted octanol–water partition coefficient (Wildman–Crippen LogP) is 4.24. The van der Waals surface area contributed by atoms with E-state index in [0.29, 0.717) is 5.52 Å². The second kappa shape index (κ2) is 8.33. The van der Waals surface area contributed by atoms with Gasteiger partial charge < -0.3 is 10.4 Å². The van der Waals surface area contributed by atoms with E-state index in [4.69, 9.17) is 23.2 Å². The highest BCUT2D eigenvalue weighted by Gasteiger charge is 2.16. The molecule has 4 aromatic rings. The molecule has 2 heterocycles. The lowest BCUT2D eigenvalue weighted by Crippen LogP contribution is -2.24. The summed E-state index contributed by atoms with van der Waals surface area (Å²) in [7, 11) is 0. The maximum absolute atomic E-state index is 14.0. The van der Waals surface area contributed by atoms with Gasteiger partial charge in [0.15, 0.2) is 5.75 Å². The Balaban J connectivity index is 1.74. The number of carbonyl (C=O) groups is 1. The molecule has 2 aromatic heterocycles. The van der Waals surface area contributed by atoms with Gasteiger partial charge in [-0.1, -0.05) is 29.3 Å². The lowest BCUT2D eigenvalue weighted by Gasteiger charge is -2.11. The van der Waals surface area contributed by atoms with E-state index in [1.54, 1.807) is 18.2 Å². The van der Waals surface area contributed by atoms with Crippen LogP contribution < -0.4 is 10.9 Å². The van der Waals surface area contributed by atoms with Crippen molar-refractivity contribution in [1.29, 1.82) is 0 Å². The molecule has 0 bridgehead atoms. The van der Waals surface area contributed by atoms with Gasteiger partial charge in [-0.3, -0.25) is 19.1 Å². The first-order chi connectivity index (χ1) is 14.8. The standard InChI is InChI=1S/C21H13Cl2FN4O3/c22-12-7-11(8-13(23)19(12)29)20(30)27-16-5-1-4-15-18(16)21(31)28(10-26-15)9-17-14(24)3-2-6-25-17/h1-8,10,29H,9H2,(H,27,30). The van der Waals surface area contributed by atoms with Gasteiger partial charge in [0, 0.05) is 11.8 Å². The van der Waals surface area contributed by atoms with Crippen LogP contribution in [0.5, 0.6) is 5.75 Å². The van der Waals surface area contributed by atoms with Gasteiger partial charge in [0.2, 0.25) is 0 Å². The summed E-state index contributed by atoms with van der Waals surface area (Å²) in [6, 6.07) is 10.00. The summed E-state index contributed by atoms with van der Waals surface area (Å²) in [5, 5.41) is 12.3. The largest absolute Gasteiger partial charge is 0.505 e. The number of anilines is 1. The van der Waals surface area contributed by atoms with E-state index < -0.39 is 17.3 Å². The van der Waals surface area contributed by atoms with Gasteiger partial charge in [0.25, 0.3) is 11.5 Å². The van der Waals surface area contributed by atoms with E-state index in [2.05, 4.69) is 15.3 Å². The van der Waals surface area contributed by atoms with Crippen molar-refractivity contribution in [2.75, 3.05) is 5.32 Å². The number of rotatable bonds is 4. The Hall–Kier alpha value is -3.49. The van der Waals surface area contributed by atoms with Crippen molar-refractivity contribution in [3.05, 3.63) is 92.5 Å². The van der Waals surface area contributed by atoms with Gasteiger partial charge in [-0.2, -0.15) is 0 Å². The Bertz CT molecular complexity index is 1370. The number of benzene rings is 2. The van der Waals surface area contributed by atoms with Crippen LogP contribution in [-0.4, -0.2) is 25.5 Å². The second-order valence-corrected chi connectivity index (χ2v) is 7.37. The molecule has 0 radical (unpaired) electrons. The van der Waals surface area contributed by atoms with Crippen molar-refractivity contribution in [2.45, 2.75) is 6.54 Å². The van der Waals surface area contributed by atoms with Crippen LogP contribution in [0, 0.1) is 5.82 Å². The fourth-order valence-corrected chi connectivity index (χ4v) is 3.49. The molecule has 0 aliphatic heterocycles. The smallest absolute Gasteiger partial charge is 0.263 e. The number of phenols is 1. The van der Waals surface area contributed by atoms with Gasteiger partial charge >= 0.3 is 0 Å². The molecule has 7 nitrogen and oxygen atoms in total. The molecule has 2 N–H and O–H groups in total. The zero-order valence-electron chi connectivity index (χ0n) is 15.6. The molecule has 0 atom stereocenters. The zero-order chi connectivity index (χ0) is 22.1. The maximum atomic E-state index is 14.0. The van der Waals surface area contributed by atoms with Gasteiger partial charge in [0.05, 0.1) is 45.2 Å². The lowest BCUT2D eigenvalue weighted by atomic mass is 10.1. The lowest BCUT2D eigenvalue weighted by molar-refractivity contribution is 0.102. The Morgan fingerprint density at radius 2 is 1.87 bits per heavy atom. The third kappa shape index (κ3) is 4.08. The van der Waals surface area contributed by atoms with Crippen molar-refractivity contribution in [3.63, 3.8) is 0 Å². The molecule has 31 heavy (non-hydrogen) atoms. The number of aromatic hydroxyl groups is 1. The van der Waals surface area contributed by atoms with Crippen LogP contribution in [0.3, 0.4) is 0 Å². The number of hydrogen-bond acceptors (Lipinski definition) is 5. The number of halogens is 3. The number of pyridine rings is 1. The Labute approximate surface area is 184 Å². The quantitative estimate of drug-likeness (QED) is 0.476. The highest BCUT2D eigenvalue weighted by atomic mass is 35.5. The van der Waals surface area contributed by atoms with Crippen LogP contribution in [-0.2, 0) is 6.54 Å². The fraction of sp³-hybridized carbons (Fsp3) is 0.0476. The molecular weight excluding hydrogens is 446 g/mol. The molecule has 0 fully saturated rings. The fourth-order valence-electron chi connectivity index (χ4n) is 3.00. The average molecular weight is 459 g/mol. The van der Waals surface area contributed by atoms with Crippen LogP contribution in [0.15, 0.2) is 59.8 Å². The first-order valence-corrected chi connectivity index (χ1v) is 9.67. The molecule has 0 saturated carbocycles. The van der Waals surface area contributed by atoms with Crippen molar-refractivity contribution in [2.24, 2.45) is 0 Å². The van der Waals surface area contributed by atoms with Crippen molar-refractivity contribution < 1.29 is 14.3 Å². The summed E-state index contributed by atoms with van der Waals surface area (Å²) in [6.45, 7) is -0.125. The highest BCUT2D eigenvalue weighted by Crippen LogP contribution is 2.33. The van der Waals surface area contributed by atoms with Crippen LogP contribution in [0.1, 0.15) is 16.1 Å². The minimum Gasteiger partial charge on any atom is -0.505 e. The number of nitrogens with zero attached hydrogens (tertiary/aromatic N) is 3. The van der Waals surface area contributed by atoms with E-state index in [1.165, 1.54) is 41.4 Å². The third-order valence-corrected chi connectivity index (χ3v) is 5.11. The summed E-state index contributed by atoms with van der Waals surface area (Å²) < 4.78 is 15.2. The van der Waals surface area contributed by atoms with E-state index in [9.17, 15) is 19.1 Å². The number of hydrogen-bond donors (Lipinski definition) is 2. The molecular formula is C21H13Cl2FN4O3. The summed E-state index contributed by atoms with van der Waals surface area (Å²) in [4.78, 5) is 34.0. The summed E-state index contributed by atoms with van der Waals surface area (Å²) >= 11 is 11.8. The van der Waals surface area contributed by atoms with Crippen molar-refractivity contribution >= 4 is 45.7 Å². The molecule has 0 spiro atoms. The molecule has 1 amide bonds. The number of phenolic OH excluding ortho intramolecular Hbond substituents is 1. The van der Waals surface area contributed by atoms with Gasteiger partial charge in [-0.25, -0.2) is 9.37 Å². The highest BCUT2D eigenvalue weighted by molar-refractivity contribution is 6.37. The number of amides is 1. The third-order valence-electron chi connectivity index (χ3n) is 4.54. The Kier molecular flexibility index (Phi) is 5.58. The maximum Gasteiger partial charge on any atom is 0.263 e. The Morgan fingerprint density at radius 1 is 1.13 bits per heavy atom. The first kappa shape index (κ1) is 20.8. The van der Waals surface area contributed by atoms with Crippen LogP contribution in [0.2, 0.25) is 10.0 Å². The first-order valence-electron chi connectivity index (χ1n) is 8.92. The monoisotopic (exact) mass is 458 g/mol. The summed E-state index contributed by atoms with van der Waals surface area (Å²) in [6.07, 6.45) is 2.72. The molecule has 0 saturated heterocycles. The minimum absolute atomic E-state index is 0.0839. The molecule has 0 aliphatic carbocycles. The van der Waals surface area contributed by atoms with E-state index >= 15 is 0 Å². The number of aromatic nitrogens is 3. The number of nitrogens with one attached hydrogen (secondary N) is 1. The summed E-state index contributed by atoms with van der Waals surface area (Å²) in [5.41, 5.74) is 0.247. The second-order valence-electron chi connectivity index (χ2n) is 6.55. The van der Waals surface area contributed by atoms with Crippen LogP contribution >= 0.6 is 23.2 Å². The molecule has 0 aliphatic rings. The number of carbonyl (C=O) groups excluding carboxylic acids is 1. The van der Waals surface area contributed by atoms with Gasteiger partial charge in [-0.15, -0.1) is 0 Å². The predicted molar refractivity (Wildman–Crippen MR) is 115 cm³/mol. The van der Waals surface area contributed by atoms with Crippen molar-refractivity contribution in [3.8, 4) is 5.75 Å². The SMILES string of the molecule is O=C(Nc1cccc2ncn(Cc3ncccc3F)c(=O)c12)c1cc(Cl)c(O)c(Cl)c1. The molecule has 2 aromatic carbocycles. The number of fused-ring (bicyclic) bond motifs is 1. The van der Waals surface area contributed by atoms with E-state index in [0.717, 1.165) is 0 Å². The van der Waals surface area contributed by atoms with E-state index in [1.807, 2.05) is 0 Å². The van der Waals surface area contributed by atoms with Crippen molar-refractivity contribution in [1.82, 2.24) is 14.5 Å². The molecule has 4 rings (SSSR count). The average Bonchev–Trinajstić information content (AvgIpc) is 2.75. The molecule has 156 valence electrons. The van der Waals surface area contributed by atoms with Crippen LogP contribution in [0.4, 0.5) is 10.1 Å². The van der Waals surface area contributed by atoms with Gasteiger partial charge in [-0.05, 0) is 36.4 Å².